The number of likely N-dealkylation sites (N-methyl/N-ethyl adjacent to an activating group) is 2. The van der Waals surface area contributed by atoms with Gasteiger partial charge in [-0.15, -0.1) is 0 Å². The van der Waals surface area contributed by atoms with Crippen LogP contribution in [0.25, 0.3) is 0 Å². The van der Waals surface area contributed by atoms with Crippen molar-refractivity contribution in [3.63, 3.8) is 0 Å². The molecule has 2 aliphatic carbocycles. The average Bonchev–Trinajstić information content (AvgIpc) is 3.39. The summed E-state index contributed by atoms with van der Waals surface area (Å²) in [5.74, 6) is -1.68. The number of aliphatic carboxylic acids is 1. The number of nitrogens with two attached hydrogens (primary N) is 2. The molecule has 3 amide bonds. The molecule has 262 valence electrons. The summed E-state index contributed by atoms with van der Waals surface area (Å²) in [7, 11) is 5.14. The molecular weight excluding hydrogens is 626 g/mol. The Morgan fingerprint density at radius 3 is 2.73 bits per heavy atom. The third-order valence-corrected chi connectivity index (χ3v) is 10.1. The van der Waals surface area contributed by atoms with Gasteiger partial charge < -0.3 is 56.3 Å². The number of carbonyl (C=O) groups excluding carboxylic acids is 3. The van der Waals surface area contributed by atoms with Crippen molar-refractivity contribution >= 4 is 29.8 Å². The summed E-state index contributed by atoms with van der Waals surface area (Å²) in [5, 5.41) is 26.4. The van der Waals surface area contributed by atoms with Crippen molar-refractivity contribution in [1.29, 1.82) is 0 Å². The van der Waals surface area contributed by atoms with Crippen LogP contribution in [-0.2, 0) is 31.0 Å². The van der Waals surface area contributed by atoms with E-state index in [1.165, 1.54) is 4.90 Å². The first kappa shape index (κ1) is 34.8. The second-order valence-electron chi connectivity index (χ2n) is 12.9. The van der Waals surface area contributed by atoms with Crippen LogP contribution in [0.2, 0.25) is 0 Å². The van der Waals surface area contributed by atoms with E-state index in [2.05, 4.69) is 20.5 Å². The molecule has 16 nitrogen and oxygen atoms in total. The number of carboxylic acids is 1. The number of hydrogen-bond acceptors (Lipinski definition) is 10. The fourth-order valence-corrected chi connectivity index (χ4v) is 7.66. The van der Waals surface area contributed by atoms with Gasteiger partial charge in [0.05, 0.1) is 24.0 Å². The van der Waals surface area contributed by atoms with Gasteiger partial charge >= 0.3 is 12.1 Å². The lowest BCUT2D eigenvalue weighted by molar-refractivity contribution is -0.163. The molecule has 5 rings (SSSR count). The number of aliphatic hydroxyl groups is 1. The van der Waals surface area contributed by atoms with E-state index in [1.807, 2.05) is 19.2 Å². The van der Waals surface area contributed by atoms with Crippen molar-refractivity contribution in [1.82, 2.24) is 20.4 Å². The maximum Gasteiger partial charge on any atom is 0.414 e. The van der Waals surface area contributed by atoms with E-state index in [4.69, 9.17) is 30.8 Å². The van der Waals surface area contributed by atoms with Crippen molar-refractivity contribution in [3.05, 3.63) is 35.1 Å². The first-order valence-corrected chi connectivity index (χ1v) is 16.1. The van der Waals surface area contributed by atoms with E-state index >= 15 is 0 Å². The van der Waals surface area contributed by atoms with Gasteiger partial charge in [0, 0.05) is 51.3 Å². The Labute approximate surface area is 278 Å². The number of guanidine groups is 1. The molecule has 1 aromatic rings. The molecule has 1 fully saturated rings. The summed E-state index contributed by atoms with van der Waals surface area (Å²) < 4.78 is 18.1. The standard InChI is InChI=1S/C32H45N7O9/c1-38-13-10-31-25-18-6-7-20(46-3)26(25)48-27(31)21(8-9-32(31,45)22(38)15-18)47-30(44)39(2)14-12-35-28(43)19(5-4-11-36-29(33)34)17-37-23(40)16-24(41)42/h6-8,19,22,27,45H,4-5,9-17H2,1-3H3,(H,35,43)(H,37,40)(H,41,42)(H4,33,34,36)/t19-,22+,27?,31-,32+/m1/s1. The number of nitrogens with zero attached hydrogens (tertiary/aromatic N) is 3. The maximum absolute atomic E-state index is 13.3. The SMILES string of the molecule is COc1ccc2c3c1OC1C(OC(=O)N(C)CCNC(=O)[C@H](CCCN=C(N)N)CNC(=O)CC(=O)O)=CC[C@]4(O)[C@H](C2)N(C)CC[C@@]314. The highest BCUT2D eigenvalue weighted by Gasteiger charge is 2.72. The van der Waals surface area contributed by atoms with Crippen LogP contribution in [0.3, 0.4) is 0 Å². The first-order chi connectivity index (χ1) is 22.8. The molecule has 1 spiro atoms. The Kier molecular flexibility index (Phi) is 10.1. The summed E-state index contributed by atoms with van der Waals surface area (Å²) in [6.45, 7) is 1.13. The molecule has 48 heavy (non-hydrogen) atoms. The molecule has 5 atom stereocenters. The van der Waals surface area contributed by atoms with E-state index in [0.717, 1.165) is 17.7 Å². The second kappa shape index (κ2) is 13.9. The minimum absolute atomic E-state index is 0.0766. The molecule has 4 aliphatic rings. The van der Waals surface area contributed by atoms with Crippen molar-refractivity contribution in [2.75, 3.05) is 53.9 Å². The van der Waals surface area contributed by atoms with Gasteiger partial charge in [0.2, 0.25) is 11.8 Å². The van der Waals surface area contributed by atoms with Gasteiger partial charge in [0.15, 0.2) is 23.6 Å². The Bertz CT molecular complexity index is 1510. The topological polar surface area (TPSA) is 231 Å². The molecule has 1 saturated heterocycles. The summed E-state index contributed by atoms with van der Waals surface area (Å²) >= 11 is 0. The van der Waals surface area contributed by atoms with Crippen LogP contribution in [0.4, 0.5) is 4.79 Å². The first-order valence-electron chi connectivity index (χ1n) is 16.1. The van der Waals surface area contributed by atoms with Gasteiger partial charge in [-0.25, -0.2) is 4.79 Å². The second-order valence-corrected chi connectivity index (χ2v) is 12.9. The number of hydrogen-bond donors (Lipinski definition) is 6. The predicted molar refractivity (Wildman–Crippen MR) is 172 cm³/mol. The number of ether oxygens (including phenoxy) is 3. The number of rotatable bonds is 14. The van der Waals surface area contributed by atoms with Crippen molar-refractivity contribution < 1.29 is 43.6 Å². The van der Waals surface area contributed by atoms with Crippen molar-refractivity contribution in [3.8, 4) is 11.5 Å². The lowest BCUT2D eigenvalue weighted by atomic mass is 9.50. The molecule has 1 aromatic carbocycles. The van der Waals surface area contributed by atoms with E-state index in [1.54, 1.807) is 20.2 Å². The zero-order chi connectivity index (χ0) is 34.8. The minimum atomic E-state index is -1.28. The highest BCUT2D eigenvalue weighted by atomic mass is 16.6. The maximum atomic E-state index is 13.3. The Morgan fingerprint density at radius 1 is 1.25 bits per heavy atom. The third-order valence-electron chi connectivity index (χ3n) is 10.1. The van der Waals surface area contributed by atoms with Crippen LogP contribution >= 0.6 is 0 Å². The largest absolute Gasteiger partial charge is 0.493 e. The van der Waals surface area contributed by atoms with Crippen LogP contribution in [0.1, 0.15) is 43.2 Å². The Balaban J connectivity index is 1.22. The number of benzene rings is 1. The molecule has 0 aromatic heterocycles. The van der Waals surface area contributed by atoms with Crippen molar-refractivity contribution in [2.45, 2.75) is 61.7 Å². The zero-order valence-corrected chi connectivity index (χ0v) is 27.5. The van der Waals surface area contributed by atoms with Crippen LogP contribution in [-0.4, -0.2) is 122 Å². The van der Waals surface area contributed by atoms with Crippen LogP contribution < -0.4 is 31.6 Å². The molecule has 2 bridgehead atoms. The summed E-state index contributed by atoms with van der Waals surface area (Å²) in [6, 6.07) is 3.77. The summed E-state index contributed by atoms with van der Waals surface area (Å²) in [6.07, 6.45) is 1.98. The molecule has 2 aliphatic heterocycles. The number of amides is 3. The van der Waals surface area contributed by atoms with Gasteiger partial charge in [-0.05, 0) is 57.0 Å². The summed E-state index contributed by atoms with van der Waals surface area (Å²) in [4.78, 5) is 56.5. The highest BCUT2D eigenvalue weighted by Crippen LogP contribution is 2.65. The Hall–Kier alpha value is -4.57. The number of piperidine rings is 1. The van der Waals surface area contributed by atoms with E-state index in [-0.39, 0.29) is 50.5 Å². The number of carbonyl (C=O) groups is 4. The molecule has 0 saturated carbocycles. The zero-order valence-electron chi connectivity index (χ0n) is 27.5. The van der Waals surface area contributed by atoms with Crippen LogP contribution in [0.5, 0.6) is 11.5 Å². The average molecular weight is 672 g/mol. The number of likely N-dealkylation sites (tertiary alicyclic amines) is 1. The van der Waals surface area contributed by atoms with E-state index < -0.39 is 47.4 Å². The van der Waals surface area contributed by atoms with Gasteiger partial charge in [0.1, 0.15) is 12.2 Å². The van der Waals surface area contributed by atoms with Gasteiger partial charge in [0.25, 0.3) is 0 Å². The molecular formula is C32H45N7O9. The summed E-state index contributed by atoms with van der Waals surface area (Å²) in [5.41, 5.74) is 10.8. The van der Waals surface area contributed by atoms with Gasteiger partial charge in [-0.3, -0.25) is 19.4 Å². The Morgan fingerprint density at radius 2 is 2.02 bits per heavy atom. The lowest BCUT2D eigenvalue weighted by Gasteiger charge is -2.61. The quantitative estimate of drug-likeness (QED) is 0.0631. The number of carboxylic acid groups (broad SMARTS) is 1. The number of aliphatic imine (C=N–C) groups is 1. The smallest absolute Gasteiger partial charge is 0.414 e. The van der Waals surface area contributed by atoms with E-state index in [9.17, 15) is 24.3 Å². The van der Waals surface area contributed by atoms with Crippen LogP contribution in [0.15, 0.2) is 29.0 Å². The minimum Gasteiger partial charge on any atom is -0.493 e. The molecule has 8 N–H and O–H groups in total. The number of nitrogens with one attached hydrogen (secondary N) is 2. The van der Waals surface area contributed by atoms with E-state index in [0.29, 0.717) is 42.9 Å². The van der Waals surface area contributed by atoms with Gasteiger partial charge in [-0.1, -0.05) is 6.07 Å². The molecule has 0 radical (unpaired) electrons. The normalized spacial score (nSPS) is 25.4. The van der Waals surface area contributed by atoms with Crippen LogP contribution in [0, 0.1) is 5.92 Å². The molecule has 16 heteroatoms. The monoisotopic (exact) mass is 671 g/mol. The molecule has 2 heterocycles. The molecule has 1 unspecified atom stereocenters. The highest BCUT2D eigenvalue weighted by molar-refractivity contribution is 5.93. The fraction of sp³-hybridized carbons (Fsp3) is 0.594. The fourth-order valence-electron chi connectivity index (χ4n) is 7.66. The van der Waals surface area contributed by atoms with Crippen molar-refractivity contribution in [2.24, 2.45) is 22.4 Å². The number of methoxy groups -OCH3 is 1. The van der Waals surface area contributed by atoms with Gasteiger partial charge in [-0.2, -0.15) is 0 Å². The predicted octanol–water partition coefficient (Wildman–Crippen LogP) is -0.582. The third kappa shape index (κ3) is 6.33. The lowest BCUT2D eigenvalue weighted by Crippen LogP contribution is -2.74.